The highest BCUT2D eigenvalue weighted by Crippen LogP contribution is 1.91. The van der Waals surface area contributed by atoms with Gasteiger partial charge in [-0.2, -0.15) is 5.26 Å². The van der Waals surface area contributed by atoms with Gasteiger partial charge in [0.05, 0.1) is 6.61 Å². The Morgan fingerprint density at radius 2 is 2.23 bits per heavy atom. The first kappa shape index (κ1) is 11.4. The van der Waals surface area contributed by atoms with Crippen LogP contribution in [0.2, 0.25) is 0 Å². The molecule has 13 heavy (non-hydrogen) atoms. The second kappa shape index (κ2) is 6.00. The second-order valence-electron chi connectivity index (χ2n) is 2.43. The van der Waals surface area contributed by atoms with Crippen molar-refractivity contribution in [3.8, 4) is 6.07 Å². The van der Waals surface area contributed by atoms with Gasteiger partial charge in [-0.15, -0.1) is 0 Å². The van der Waals surface area contributed by atoms with Crippen LogP contribution in [0.15, 0.2) is 5.16 Å². The lowest BCUT2D eigenvalue weighted by Gasteiger charge is -2.02. The fourth-order valence-electron chi connectivity index (χ4n) is 0.461. The van der Waals surface area contributed by atoms with Crippen molar-refractivity contribution in [1.82, 2.24) is 0 Å². The Balaban J connectivity index is 4.26. The SMILES string of the molecule is CCOC(=O)/C(C#N)=N\OC(C)C. The van der Waals surface area contributed by atoms with E-state index in [1.54, 1.807) is 26.8 Å². The summed E-state index contributed by atoms with van der Waals surface area (Å²) in [6.45, 7) is 5.34. The van der Waals surface area contributed by atoms with Crippen molar-refractivity contribution in [1.29, 1.82) is 5.26 Å². The number of nitriles is 1. The monoisotopic (exact) mass is 184 g/mol. The molecule has 5 heteroatoms. The third-order valence-corrected chi connectivity index (χ3v) is 0.929. The van der Waals surface area contributed by atoms with Crippen LogP contribution in [0.4, 0.5) is 0 Å². The van der Waals surface area contributed by atoms with Gasteiger partial charge in [0, 0.05) is 0 Å². The lowest BCUT2D eigenvalue weighted by molar-refractivity contribution is -0.135. The van der Waals surface area contributed by atoms with E-state index >= 15 is 0 Å². The maximum Gasteiger partial charge on any atom is 0.371 e. The summed E-state index contributed by atoms with van der Waals surface area (Å²) in [4.78, 5) is 15.7. The summed E-state index contributed by atoms with van der Waals surface area (Å²) in [7, 11) is 0. The number of oxime groups is 1. The molecule has 0 N–H and O–H groups in total. The summed E-state index contributed by atoms with van der Waals surface area (Å²) in [5.74, 6) is -0.759. The molecule has 0 saturated carbocycles. The average Bonchev–Trinajstić information content (AvgIpc) is 2.05. The summed E-state index contributed by atoms with van der Waals surface area (Å²) in [5, 5.41) is 11.8. The van der Waals surface area contributed by atoms with E-state index in [1.165, 1.54) is 0 Å². The van der Waals surface area contributed by atoms with Crippen LogP contribution in [0.1, 0.15) is 20.8 Å². The molecule has 5 nitrogen and oxygen atoms in total. The van der Waals surface area contributed by atoms with Crippen LogP contribution in [0.25, 0.3) is 0 Å². The molecule has 0 rings (SSSR count). The standard InChI is InChI=1S/C8H12N2O3/c1-4-12-8(11)7(5-9)10-13-6(2)3/h6H,4H2,1-3H3/b10-7-. The topological polar surface area (TPSA) is 71.7 Å². The molecule has 0 atom stereocenters. The Kier molecular flexibility index (Phi) is 5.28. The predicted octanol–water partition coefficient (Wildman–Crippen LogP) is 0.854. The first-order valence-corrected chi connectivity index (χ1v) is 3.92. The zero-order chi connectivity index (χ0) is 10.3. The third kappa shape index (κ3) is 4.80. The number of nitrogens with zero attached hydrogens (tertiary/aromatic N) is 2. The van der Waals surface area contributed by atoms with Crippen molar-refractivity contribution in [2.24, 2.45) is 5.16 Å². The molecule has 0 aromatic rings. The molecule has 0 heterocycles. The quantitative estimate of drug-likeness (QED) is 0.369. The Bertz CT molecular complexity index is 240. The molecule has 0 fully saturated rings. The van der Waals surface area contributed by atoms with E-state index in [0.717, 1.165) is 0 Å². The minimum absolute atomic E-state index is 0.169. The number of carbonyl (C=O) groups excluding carboxylic acids is 1. The molecule has 72 valence electrons. The van der Waals surface area contributed by atoms with Crippen LogP contribution in [0.5, 0.6) is 0 Å². The lowest BCUT2D eigenvalue weighted by Crippen LogP contribution is -2.16. The van der Waals surface area contributed by atoms with Crippen LogP contribution in [-0.4, -0.2) is 24.4 Å². The fourth-order valence-corrected chi connectivity index (χ4v) is 0.461. The molecule has 0 aliphatic rings. The highest BCUT2D eigenvalue weighted by atomic mass is 16.6. The number of esters is 1. The van der Waals surface area contributed by atoms with E-state index in [2.05, 4.69) is 9.89 Å². The van der Waals surface area contributed by atoms with E-state index < -0.39 is 5.97 Å². The second-order valence-corrected chi connectivity index (χ2v) is 2.43. The largest absolute Gasteiger partial charge is 0.461 e. The zero-order valence-electron chi connectivity index (χ0n) is 7.90. The van der Waals surface area contributed by atoms with Gasteiger partial charge in [-0.1, -0.05) is 5.16 Å². The van der Waals surface area contributed by atoms with Crippen molar-refractivity contribution in [2.75, 3.05) is 6.61 Å². The average molecular weight is 184 g/mol. The summed E-state index contributed by atoms with van der Waals surface area (Å²) in [6.07, 6.45) is -0.169. The van der Waals surface area contributed by atoms with Crippen LogP contribution >= 0.6 is 0 Å². The minimum atomic E-state index is -0.759. The molecule has 0 spiro atoms. The van der Waals surface area contributed by atoms with Gasteiger partial charge in [-0.05, 0) is 20.8 Å². The van der Waals surface area contributed by atoms with E-state index in [0.29, 0.717) is 0 Å². The molecule has 0 aliphatic heterocycles. The third-order valence-electron chi connectivity index (χ3n) is 0.929. The van der Waals surface area contributed by atoms with Crippen LogP contribution in [0, 0.1) is 11.3 Å². The van der Waals surface area contributed by atoms with Crippen molar-refractivity contribution in [3.63, 3.8) is 0 Å². The van der Waals surface area contributed by atoms with Gasteiger partial charge in [-0.3, -0.25) is 0 Å². The molecule has 0 unspecified atom stereocenters. The highest BCUT2D eigenvalue weighted by molar-refractivity contribution is 6.42. The smallest absolute Gasteiger partial charge is 0.371 e. The molecule has 0 aromatic heterocycles. The number of hydrogen-bond acceptors (Lipinski definition) is 5. The van der Waals surface area contributed by atoms with E-state index in [9.17, 15) is 4.79 Å². The Hall–Kier alpha value is -1.57. The number of hydrogen-bond donors (Lipinski definition) is 0. The van der Waals surface area contributed by atoms with Gasteiger partial charge in [0.25, 0.3) is 5.71 Å². The van der Waals surface area contributed by atoms with Gasteiger partial charge in [0.2, 0.25) is 0 Å². The Morgan fingerprint density at radius 3 is 2.62 bits per heavy atom. The zero-order valence-corrected chi connectivity index (χ0v) is 7.90. The maximum atomic E-state index is 10.9. The Labute approximate surface area is 76.9 Å². The molecular weight excluding hydrogens is 172 g/mol. The van der Waals surface area contributed by atoms with Crippen LogP contribution in [-0.2, 0) is 14.4 Å². The summed E-state index contributed by atoms with van der Waals surface area (Å²) >= 11 is 0. The van der Waals surface area contributed by atoms with Crippen molar-refractivity contribution in [2.45, 2.75) is 26.9 Å². The number of carbonyl (C=O) groups is 1. The lowest BCUT2D eigenvalue weighted by atomic mass is 10.4. The Morgan fingerprint density at radius 1 is 1.62 bits per heavy atom. The van der Waals surface area contributed by atoms with Crippen LogP contribution in [0.3, 0.4) is 0 Å². The minimum Gasteiger partial charge on any atom is -0.461 e. The van der Waals surface area contributed by atoms with E-state index in [1.807, 2.05) is 0 Å². The van der Waals surface area contributed by atoms with Crippen molar-refractivity contribution >= 4 is 11.7 Å². The molecule has 0 aromatic carbocycles. The van der Waals surface area contributed by atoms with E-state index in [-0.39, 0.29) is 18.4 Å². The van der Waals surface area contributed by atoms with Gasteiger partial charge in [-0.25, -0.2) is 4.79 Å². The van der Waals surface area contributed by atoms with E-state index in [4.69, 9.17) is 10.1 Å². The first-order valence-electron chi connectivity index (χ1n) is 3.92. The van der Waals surface area contributed by atoms with Crippen LogP contribution < -0.4 is 0 Å². The first-order chi connectivity index (χ1) is 6.11. The molecule has 0 aliphatic carbocycles. The number of ether oxygens (including phenoxy) is 1. The van der Waals surface area contributed by atoms with Gasteiger partial charge >= 0.3 is 5.97 Å². The van der Waals surface area contributed by atoms with Gasteiger partial charge in [0.15, 0.2) is 0 Å². The molecule has 0 saturated heterocycles. The normalized spacial score (nSPS) is 10.8. The van der Waals surface area contributed by atoms with Gasteiger partial charge < -0.3 is 9.57 Å². The summed E-state index contributed by atoms with van der Waals surface area (Å²) in [6, 6.07) is 1.59. The molecule has 0 amide bonds. The summed E-state index contributed by atoms with van der Waals surface area (Å²) in [5.41, 5.74) is -0.365. The highest BCUT2D eigenvalue weighted by Gasteiger charge is 2.12. The molecule has 0 radical (unpaired) electrons. The van der Waals surface area contributed by atoms with Crippen molar-refractivity contribution in [3.05, 3.63) is 0 Å². The number of rotatable bonds is 4. The van der Waals surface area contributed by atoms with Gasteiger partial charge in [0.1, 0.15) is 12.2 Å². The molecule has 0 bridgehead atoms. The maximum absolute atomic E-state index is 10.9. The molecular formula is C8H12N2O3. The van der Waals surface area contributed by atoms with Crippen molar-refractivity contribution < 1.29 is 14.4 Å². The summed E-state index contributed by atoms with van der Waals surface area (Å²) < 4.78 is 4.55. The fraction of sp³-hybridized carbons (Fsp3) is 0.625. The predicted molar refractivity (Wildman–Crippen MR) is 45.9 cm³/mol.